The van der Waals surface area contributed by atoms with Crippen LogP contribution in [0.5, 0.6) is 0 Å². The lowest BCUT2D eigenvalue weighted by molar-refractivity contribution is -0.135. The van der Waals surface area contributed by atoms with Crippen molar-refractivity contribution in [2.45, 2.75) is 31.5 Å². The molecule has 3 rings (SSSR count). The van der Waals surface area contributed by atoms with Gasteiger partial charge < -0.3 is 15.7 Å². The first-order valence-electron chi connectivity index (χ1n) is 9.20. The van der Waals surface area contributed by atoms with Gasteiger partial charge in [0.2, 0.25) is 5.91 Å². The van der Waals surface area contributed by atoms with E-state index in [-0.39, 0.29) is 11.9 Å². The molecule has 1 amide bonds. The zero-order chi connectivity index (χ0) is 19.4. The second-order valence-corrected chi connectivity index (χ2v) is 7.04. The van der Waals surface area contributed by atoms with Gasteiger partial charge in [0.25, 0.3) is 0 Å². The molecule has 0 aliphatic heterocycles. The molecule has 0 bridgehead atoms. The van der Waals surface area contributed by atoms with Crippen LogP contribution in [0.4, 0.5) is 0 Å². The van der Waals surface area contributed by atoms with Gasteiger partial charge in [-0.1, -0.05) is 72.8 Å². The molecule has 3 N–H and O–H groups in total. The molecule has 140 valence electrons. The Morgan fingerprint density at radius 2 is 1.63 bits per heavy atom. The number of amides is 1. The highest BCUT2D eigenvalue weighted by molar-refractivity contribution is 5.84. The van der Waals surface area contributed by atoms with Crippen LogP contribution in [0, 0.1) is 0 Å². The van der Waals surface area contributed by atoms with Gasteiger partial charge in [-0.05, 0) is 35.2 Å². The minimum absolute atomic E-state index is 0.175. The number of rotatable bonds is 6. The molecule has 4 heteroatoms. The Morgan fingerprint density at radius 3 is 2.33 bits per heavy atom. The number of carbonyl (C=O) groups is 1. The Kier molecular flexibility index (Phi) is 5.89. The van der Waals surface area contributed by atoms with Crippen molar-refractivity contribution in [1.82, 2.24) is 4.90 Å². The lowest BCUT2D eigenvalue weighted by Crippen LogP contribution is -2.48. The summed E-state index contributed by atoms with van der Waals surface area (Å²) >= 11 is 0. The van der Waals surface area contributed by atoms with E-state index in [9.17, 15) is 9.90 Å². The number of nitrogens with two attached hydrogens (primary N) is 1. The van der Waals surface area contributed by atoms with Crippen LogP contribution in [-0.2, 0) is 11.2 Å². The van der Waals surface area contributed by atoms with E-state index in [1.807, 2.05) is 61.5 Å². The Bertz CT molecular complexity index is 910. The Morgan fingerprint density at radius 1 is 1.00 bits per heavy atom. The fourth-order valence-corrected chi connectivity index (χ4v) is 3.31. The number of benzene rings is 3. The van der Waals surface area contributed by atoms with E-state index in [4.69, 9.17) is 5.73 Å². The molecule has 0 radical (unpaired) electrons. The van der Waals surface area contributed by atoms with Crippen LogP contribution in [0.3, 0.4) is 0 Å². The van der Waals surface area contributed by atoms with Crippen molar-refractivity contribution in [2.75, 3.05) is 7.05 Å². The molecular weight excluding hydrogens is 336 g/mol. The molecule has 0 saturated heterocycles. The van der Waals surface area contributed by atoms with Gasteiger partial charge in [0.1, 0.15) is 0 Å². The summed E-state index contributed by atoms with van der Waals surface area (Å²) in [5.41, 5.74) is 8.01. The van der Waals surface area contributed by atoms with E-state index in [1.54, 1.807) is 11.9 Å². The van der Waals surface area contributed by atoms with Crippen molar-refractivity contribution in [1.29, 1.82) is 0 Å². The van der Waals surface area contributed by atoms with Crippen molar-refractivity contribution in [3.63, 3.8) is 0 Å². The summed E-state index contributed by atoms with van der Waals surface area (Å²) in [4.78, 5) is 14.3. The molecule has 0 aromatic heterocycles. The fourth-order valence-electron chi connectivity index (χ4n) is 3.31. The summed E-state index contributed by atoms with van der Waals surface area (Å²) in [5.74, 6) is -0.175. The lowest BCUT2D eigenvalue weighted by atomic mass is 9.99. The van der Waals surface area contributed by atoms with E-state index in [2.05, 4.69) is 18.2 Å². The number of hydrogen-bond donors (Lipinski definition) is 2. The van der Waals surface area contributed by atoms with Crippen LogP contribution in [0.25, 0.3) is 10.8 Å². The largest absolute Gasteiger partial charge is 0.386 e. The van der Waals surface area contributed by atoms with Gasteiger partial charge in [-0.3, -0.25) is 4.79 Å². The summed E-state index contributed by atoms with van der Waals surface area (Å²) in [7, 11) is 1.69. The number of nitrogens with zero attached hydrogens (tertiary/aromatic N) is 1. The molecule has 0 aliphatic rings. The topological polar surface area (TPSA) is 66.6 Å². The molecule has 0 unspecified atom stereocenters. The Hall–Kier alpha value is -2.69. The van der Waals surface area contributed by atoms with Gasteiger partial charge in [0.15, 0.2) is 0 Å². The van der Waals surface area contributed by atoms with Gasteiger partial charge in [0.05, 0.1) is 18.2 Å². The Balaban J connectivity index is 1.68. The quantitative estimate of drug-likeness (QED) is 0.707. The third-order valence-electron chi connectivity index (χ3n) is 5.14. The maximum absolute atomic E-state index is 12.8. The predicted octanol–water partition coefficient (Wildman–Crippen LogP) is 3.29. The van der Waals surface area contributed by atoms with Gasteiger partial charge in [-0.2, -0.15) is 0 Å². The van der Waals surface area contributed by atoms with Gasteiger partial charge >= 0.3 is 0 Å². The van der Waals surface area contributed by atoms with Crippen LogP contribution < -0.4 is 5.73 Å². The van der Waals surface area contributed by atoms with Gasteiger partial charge in [-0.25, -0.2) is 0 Å². The molecule has 3 atom stereocenters. The summed E-state index contributed by atoms with van der Waals surface area (Å²) in [6.07, 6.45) is -0.296. The molecule has 0 aliphatic carbocycles. The highest BCUT2D eigenvalue weighted by Gasteiger charge is 2.27. The molecule has 4 nitrogen and oxygen atoms in total. The summed E-state index contributed by atoms with van der Waals surface area (Å²) in [6.45, 7) is 1.83. The number of likely N-dealkylation sites (N-methyl/N-ethyl adjacent to an activating group) is 1. The average molecular weight is 362 g/mol. The number of carbonyl (C=O) groups excluding carboxylic acids is 1. The molecular formula is C23H26N2O2. The third-order valence-corrected chi connectivity index (χ3v) is 5.14. The minimum Gasteiger partial charge on any atom is -0.386 e. The lowest BCUT2D eigenvalue weighted by Gasteiger charge is -2.31. The second kappa shape index (κ2) is 8.33. The molecule has 0 spiro atoms. The Labute approximate surface area is 160 Å². The molecule has 27 heavy (non-hydrogen) atoms. The van der Waals surface area contributed by atoms with Crippen LogP contribution in [0.1, 0.15) is 24.2 Å². The van der Waals surface area contributed by atoms with E-state index in [1.165, 1.54) is 0 Å². The van der Waals surface area contributed by atoms with E-state index >= 15 is 0 Å². The summed E-state index contributed by atoms with van der Waals surface area (Å²) in [5, 5.41) is 12.9. The maximum Gasteiger partial charge on any atom is 0.239 e. The zero-order valence-electron chi connectivity index (χ0n) is 15.7. The van der Waals surface area contributed by atoms with Crippen LogP contribution >= 0.6 is 0 Å². The van der Waals surface area contributed by atoms with Crippen LogP contribution in [-0.4, -0.2) is 35.0 Å². The van der Waals surface area contributed by atoms with Crippen LogP contribution in [0.15, 0.2) is 72.8 Å². The van der Waals surface area contributed by atoms with Crippen molar-refractivity contribution in [3.05, 3.63) is 83.9 Å². The average Bonchev–Trinajstić information content (AvgIpc) is 2.72. The summed E-state index contributed by atoms with van der Waals surface area (Å²) in [6, 6.07) is 22.6. The second-order valence-electron chi connectivity index (χ2n) is 7.04. The van der Waals surface area contributed by atoms with Gasteiger partial charge in [0, 0.05) is 7.05 Å². The third kappa shape index (κ3) is 4.35. The molecule has 3 aromatic rings. The standard InChI is InChI=1S/C23H26N2O2/c1-16(22(26)19-9-4-3-5-10-19)25(2)23(27)21(24)15-17-12-13-18-8-6-7-11-20(18)14-17/h3-14,16,21-22,26H,15,24H2,1-2H3/t16-,21+,22+/m1/s1. The number of hydrogen-bond acceptors (Lipinski definition) is 3. The van der Waals surface area contributed by atoms with E-state index < -0.39 is 12.1 Å². The van der Waals surface area contributed by atoms with Crippen LogP contribution in [0.2, 0.25) is 0 Å². The fraction of sp³-hybridized carbons (Fsp3) is 0.261. The first-order chi connectivity index (χ1) is 13.0. The highest BCUT2D eigenvalue weighted by atomic mass is 16.3. The normalized spacial score (nSPS) is 14.5. The summed E-state index contributed by atoms with van der Waals surface area (Å²) < 4.78 is 0. The predicted molar refractivity (Wildman–Crippen MR) is 109 cm³/mol. The van der Waals surface area contributed by atoms with E-state index in [0.29, 0.717) is 6.42 Å². The SMILES string of the molecule is C[C@H]([C@H](O)c1ccccc1)N(C)C(=O)[C@@H](N)Cc1ccc2ccccc2c1. The van der Waals surface area contributed by atoms with Crippen molar-refractivity contribution < 1.29 is 9.90 Å². The van der Waals surface area contributed by atoms with Crippen molar-refractivity contribution in [3.8, 4) is 0 Å². The monoisotopic (exact) mass is 362 g/mol. The van der Waals surface area contributed by atoms with Gasteiger partial charge in [-0.15, -0.1) is 0 Å². The zero-order valence-corrected chi connectivity index (χ0v) is 15.7. The van der Waals surface area contributed by atoms with Crippen molar-refractivity contribution in [2.24, 2.45) is 5.73 Å². The minimum atomic E-state index is -0.756. The maximum atomic E-state index is 12.8. The smallest absolute Gasteiger partial charge is 0.239 e. The number of aliphatic hydroxyl groups excluding tert-OH is 1. The first-order valence-corrected chi connectivity index (χ1v) is 9.20. The van der Waals surface area contributed by atoms with E-state index in [0.717, 1.165) is 21.9 Å². The molecule has 3 aromatic carbocycles. The highest BCUT2D eigenvalue weighted by Crippen LogP contribution is 2.21. The number of fused-ring (bicyclic) bond motifs is 1. The number of aliphatic hydroxyl groups is 1. The van der Waals surface area contributed by atoms with Crippen molar-refractivity contribution >= 4 is 16.7 Å². The molecule has 0 heterocycles. The molecule has 0 fully saturated rings. The first kappa shape index (κ1) is 19.1. The molecule has 0 saturated carbocycles.